The number of nitrogens with zero attached hydrogens (tertiary/aromatic N) is 1. The molecule has 0 aromatic heterocycles. The van der Waals surface area contributed by atoms with Crippen LogP contribution in [0, 0.1) is 10.1 Å². The normalized spacial score (nSPS) is 12.2. The summed E-state index contributed by atoms with van der Waals surface area (Å²) in [5.41, 5.74) is 11.0. The van der Waals surface area contributed by atoms with Crippen LogP contribution in [0.2, 0.25) is 0 Å². The Balaban J connectivity index is 3.34. The molecule has 0 aliphatic heterocycles. The zero-order valence-corrected chi connectivity index (χ0v) is 8.71. The van der Waals surface area contributed by atoms with Crippen molar-refractivity contribution in [3.8, 4) is 11.5 Å². The number of nitro groups is 1. The Hall–Kier alpha value is -1.86. The lowest BCUT2D eigenvalue weighted by Crippen LogP contribution is -2.20. The van der Waals surface area contributed by atoms with Gasteiger partial charge >= 0.3 is 5.69 Å². The number of hydrogen-bond donors (Lipinski definition) is 3. The van der Waals surface area contributed by atoms with E-state index in [2.05, 4.69) is 0 Å². The van der Waals surface area contributed by atoms with Gasteiger partial charge in [0, 0.05) is 18.7 Å². The molecule has 7 heteroatoms. The first-order valence-electron chi connectivity index (χ1n) is 4.52. The summed E-state index contributed by atoms with van der Waals surface area (Å²) in [4.78, 5) is 9.97. The number of rotatable bonds is 4. The highest BCUT2D eigenvalue weighted by atomic mass is 16.6. The molecule has 0 bridgehead atoms. The third-order valence-electron chi connectivity index (χ3n) is 2.18. The van der Waals surface area contributed by atoms with Gasteiger partial charge in [-0.15, -0.1) is 0 Å². The van der Waals surface area contributed by atoms with Gasteiger partial charge in [0.1, 0.15) is 0 Å². The highest BCUT2D eigenvalue weighted by Gasteiger charge is 2.21. The molecule has 5 N–H and O–H groups in total. The summed E-state index contributed by atoms with van der Waals surface area (Å²) in [7, 11) is 1.30. The van der Waals surface area contributed by atoms with Gasteiger partial charge in [-0.3, -0.25) is 10.1 Å². The number of nitro benzene ring substituents is 1. The molecule has 0 aliphatic rings. The smallest absolute Gasteiger partial charge is 0.314 e. The maximum absolute atomic E-state index is 10.7. The summed E-state index contributed by atoms with van der Waals surface area (Å²) in [5.74, 6) is -0.506. The van der Waals surface area contributed by atoms with Gasteiger partial charge in [0.05, 0.1) is 12.0 Å². The molecule has 7 nitrogen and oxygen atoms in total. The minimum absolute atomic E-state index is 0.00750. The molecule has 1 aromatic carbocycles. The van der Waals surface area contributed by atoms with Crippen molar-refractivity contribution in [3.63, 3.8) is 0 Å². The van der Waals surface area contributed by atoms with Crippen LogP contribution in [0.3, 0.4) is 0 Å². The number of phenols is 1. The molecule has 16 heavy (non-hydrogen) atoms. The molecule has 1 aromatic rings. The van der Waals surface area contributed by atoms with Crippen molar-refractivity contribution in [2.75, 3.05) is 13.7 Å². The monoisotopic (exact) mass is 227 g/mol. The Labute approximate surface area is 91.8 Å². The third kappa shape index (κ3) is 2.20. The fraction of sp³-hybridized carbons (Fsp3) is 0.333. The summed E-state index contributed by atoms with van der Waals surface area (Å²) in [6.45, 7) is 0.144. The van der Waals surface area contributed by atoms with Crippen molar-refractivity contribution in [2.24, 2.45) is 11.5 Å². The number of benzene rings is 1. The van der Waals surface area contributed by atoms with Gasteiger partial charge < -0.3 is 21.3 Å². The van der Waals surface area contributed by atoms with Crippen LogP contribution in [-0.4, -0.2) is 23.7 Å². The second-order valence-electron chi connectivity index (χ2n) is 3.19. The molecule has 1 rings (SSSR count). The Morgan fingerprint density at radius 3 is 2.69 bits per heavy atom. The molecule has 0 aliphatic carbocycles. The van der Waals surface area contributed by atoms with Gasteiger partial charge in [0.15, 0.2) is 5.75 Å². The Bertz CT molecular complexity index is 408. The molecular formula is C9H13N3O4. The van der Waals surface area contributed by atoms with E-state index in [1.165, 1.54) is 19.2 Å². The predicted molar refractivity (Wildman–Crippen MR) is 57.3 cm³/mol. The highest BCUT2D eigenvalue weighted by Crippen LogP contribution is 2.37. The van der Waals surface area contributed by atoms with Crippen LogP contribution in [0.1, 0.15) is 11.6 Å². The zero-order chi connectivity index (χ0) is 12.3. The highest BCUT2D eigenvalue weighted by molar-refractivity contribution is 5.57. The average molecular weight is 227 g/mol. The van der Waals surface area contributed by atoms with Gasteiger partial charge in [0.25, 0.3) is 0 Å². The molecule has 0 radical (unpaired) electrons. The van der Waals surface area contributed by atoms with Crippen LogP contribution in [0.4, 0.5) is 5.69 Å². The average Bonchev–Trinajstić information content (AvgIpc) is 2.27. The van der Waals surface area contributed by atoms with Gasteiger partial charge in [-0.05, 0) is 11.6 Å². The summed E-state index contributed by atoms with van der Waals surface area (Å²) < 4.78 is 4.82. The predicted octanol–water partition coefficient (Wildman–Crippen LogP) is 0.267. The number of hydrogen-bond acceptors (Lipinski definition) is 6. The number of phenolic OH excluding ortho intramolecular Hbond substituents is 1. The summed E-state index contributed by atoms with van der Waals surface area (Å²) in [5, 5.41) is 20.2. The van der Waals surface area contributed by atoms with Gasteiger partial charge in [-0.25, -0.2) is 0 Å². The van der Waals surface area contributed by atoms with Crippen molar-refractivity contribution in [1.82, 2.24) is 0 Å². The Kier molecular flexibility index (Phi) is 3.64. The van der Waals surface area contributed by atoms with E-state index in [0.717, 1.165) is 0 Å². The molecule has 0 amide bonds. The zero-order valence-electron chi connectivity index (χ0n) is 8.71. The number of aromatic hydroxyl groups is 1. The van der Waals surface area contributed by atoms with E-state index in [9.17, 15) is 15.2 Å². The first-order valence-corrected chi connectivity index (χ1v) is 4.52. The largest absolute Gasteiger partial charge is 0.500 e. The van der Waals surface area contributed by atoms with Crippen molar-refractivity contribution < 1.29 is 14.8 Å². The number of ether oxygens (including phenoxy) is 1. The second-order valence-corrected chi connectivity index (χ2v) is 3.19. The van der Waals surface area contributed by atoms with Crippen LogP contribution in [0.25, 0.3) is 0 Å². The van der Waals surface area contributed by atoms with Crippen LogP contribution in [0.5, 0.6) is 11.5 Å². The van der Waals surface area contributed by atoms with E-state index in [0.29, 0.717) is 5.56 Å². The minimum atomic E-state index is -0.704. The number of methoxy groups -OCH3 is 1. The second kappa shape index (κ2) is 4.77. The van der Waals surface area contributed by atoms with E-state index < -0.39 is 22.4 Å². The molecule has 0 saturated heterocycles. The third-order valence-corrected chi connectivity index (χ3v) is 2.18. The fourth-order valence-electron chi connectivity index (χ4n) is 1.26. The molecule has 0 fully saturated rings. The lowest BCUT2D eigenvalue weighted by molar-refractivity contribution is -0.386. The maximum atomic E-state index is 10.7. The summed E-state index contributed by atoms with van der Waals surface area (Å²) in [6, 6.07) is 2.09. The van der Waals surface area contributed by atoms with Crippen LogP contribution >= 0.6 is 0 Å². The van der Waals surface area contributed by atoms with Gasteiger partial charge in [0.2, 0.25) is 5.75 Å². The van der Waals surface area contributed by atoms with Crippen LogP contribution in [0.15, 0.2) is 12.1 Å². The first kappa shape index (κ1) is 12.2. The first-order chi connectivity index (χ1) is 7.51. The fourth-order valence-corrected chi connectivity index (χ4v) is 1.26. The lowest BCUT2D eigenvalue weighted by atomic mass is 10.1. The van der Waals surface area contributed by atoms with Gasteiger partial charge in [-0.1, -0.05) is 0 Å². The molecule has 1 atom stereocenters. The molecule has 88 valence electrons. The molecule has 0 heterocycles. The van der Waals surface area contributed by atoms with E-state index >= 15 is 0 Å². The van der Waals surface area contributed by atoms with Crippen LogP contribution < -0.4 is 16.2 Å². The van der Waals surface area contributed by atoms with Crippen molar-refractivity contribution in [1.29, 1.82) is 0 Å². The van der Waals surface area contributed by atoms with Gasteiger partial charge in [-0.2, -0.15) is 0 Å². The van der Waals surface area contributed by atoms with Crippen LogP contribution in [-0.2, 0) is 0 Å². The summed E-state index contributed by atoms with van der Waals surface area (Å²) in [6.07, 6.45) is 0. The molecule has 0 saturated carbocycles. The Morgan fingerprint density at radius 2 is 2.25 bits per heavy atom. The van der Waals surface area contributed by atoms with E-state index in [4.69, 9.17) is 16.2 Å². The van der Waals surface area contributed by atoms with E-state index in [1.54, 1.807) is 0 Å². The SMILES string of the molecule is COc1cc([C@H](N)CN)cc([N+](=O)[O-])c1O. The van der Waals surface area contributed by atoms with Crippen molar-refractivity contribution in [2.45, 2.75) is 6.04 Å². The van der Waals surface area contributed by atoms with E-state index in [-0.39, 0.29) is 12.3 Å². The molecule has 0 spiro atoms. The topological polar surface area (TPSA) is 125 Å². The van der Waals surface area contributed by atoms with Crippen molar-refractivity contribution in [3.05, 3.63) is 27.8 Å². The molecule has 0 unspecified atom stereocenters. The minimum Gasteiger partial charge on any atom is -0.500 e. The number of nitrogens with two attached hydrogens (primary N) is 2. The maximum Gasteiger partial charge on any atom is 0.314 e. The standard InChI is InChI=1S/C9H13N3O4/c1-16-8-3-5(6(11)4-10)2-7(9(8)13)12(14)15/h2-3,6,13H,4,10-11H2,1H3/t6-/m1/s1. The Morgan fingerprint density at radius 1 is 1.62 bits per heavy atom. The molecular weight excluding hydrogens is 214 g/mol. The van der Waals surface area contributed by atoms with Crippen molar-refractivity contribution >= 4 is 5.69 Å². The van der Waals surface area contributed by atoms with E-state index in [1.807, 2.05) is 0 Å². The summed E-state index contributed by atoms with van der Waals surface area (Å²) >= 11 is 0. The quantitative estimate of drug-likeness (QED) is 0.500. The lowest BCUT2D eigenvalue weighted by Gasteiger charge is -2.11.